The average molecular weight is 360 g/mol. The number of alkyl halides is 3. The Morgan fingerprint density at radius 2 is 1.76 bits per heavy atom. The lowest BCUT2D eigenvalue weighted by Crippen LogP contribution is -2.60. The van der Waals surface area contributed by atoms with Crippen molar-refractivity contribution in [1.29, 1.82) is 0 Å². The van der Waals surface area contributed by atoms with Gasteiger partial charge in [0.15, 0.2) is 0 Å². The van der Waals surface area contributed by atoms with E-state index in [1.165, 1.54) is 0 Å². The van der Waals surface area contributed by atoms with Gasteiger partial charge in [-0.05, 0) is 50.9 Å². The van der Waals surface area contributed by atoms with Gasteiger partial charge in [0, 0.05) is 12.0 Å². The molecule has 140 valence electrons. The Kier molecular flexibility index (Phi) is 4.40. The van der Waals surface area contributed by atoms with Crippen LogP contribution in [0.5, 0.6) is 0 Å². The largest absolute Gasteiger partial charge is 0.465 e. The molecule has 4 bridgehead atoms. The van der Waals surface area contributed by atoms with Gasteiger partial charge in [0.25, 0.3) is 0 Å². The van der Waals surface area contributed by atoms with E-state index in [-0.39, 0.29) is 11.8 Å². The fourth-order valence-corrected chi connectivity index (χ4v) is 5.23. The minimum absolute atomic E-state index is 0.245. The quantitative estimate of drug-likeness (QED) is 0.550. The maximum atomic E-state index is 12.6. The molecule has 0 aromatic carbocycles. The van der Waals surface area contributed by atoms with E-state index in [2.05, 4.69) is 6.58 Å². The molecule has 0 aliphatic heterocycles. The van der Waals surface area contributed by atoms with Gasteiger partial charge in [-0.2, -0.15) is 13.2 Å². The highest BCUT2D eigenvalue weighted by atomic mass is 19.4. The van der Waals surface area contributed by atoms with Gasteiger partial charge in [0.2, 0.25) is 0 Å². The lowest BCUT2D eigenvalue weighted by atomic mass is 9.48. The molecule has 4 nitrogen and oxygen atoms in total. The lowest BCUT2D eigenvalue weighted by molar-refractivity contribution is -0.212. The number of carbonyl (C=O) groups excluding carboxylic acids is 2. The van der Waals surface area contributed by atoms with Gasteiger partial charge < -0.3 is 9.47 Å². The highest BCUT2D eigenvalue weighted by molar-refractivity contribution is 5.87. The van der Waals surface area contributed by atoms with Crippen LogP contribution in [0.2, 0.25) is 0 Å². The van der Waals surface area contributed by atoms with Crippen molar-refractivity contribution in [2.24, 2.45) is 17.3 Å². The van der Waals surface area contributed by atoms with Crippen LogP contribution in [0, 0.1) is 17.3 Å². The first kappa shape index (κ1) is 18.3. The van der Waals surface area contributed by atoms with E-state index in [0.29, 0.717) is 37.7 Å². The molecule has 4 aliphatic carbocycles. The summed E-state index contributed by atoms with van der Waals surface area (Å²) in [6.07, 6.45) is -1.53. The van der Waals surface area contributed by atoms with Gasteiger partial charge in [0.05, 0.1) is 18.4 Å². The van der Waals surface area contributed by atoms with Gasteiger partial charge in [-0.3, -0.25) is 4.79 Å². The zero-order valence-corrected chi connectivity index (χ0v) is 14.3. The van der Waals surface area contributed by atoms with Crippen molar-refractivity contribution < 1.29 is 32.2 Å². The van der Waals surface area contributed by atoms with E-state index in [9.17, 15) is 22.8 Å². The summed E-state index contributed by atoms with van der Waals surface area (Å²) < 4.78 is 47.6. The van der Waals surface area contributed by atoms with Crippen molar-refractivity contribution in [2.75, 3.05) is 6.61 Å². The number of ether oxygens (including phenoxy) is 2. The third-order valence-corrected chi connectivity index (χ3v) is 5.72. The molecule has 4 saturated carbocycles. The Morgan fingerprint density at radius 1 is 1.16 bits per heavy atom. The number of carbonyl (C=O) groups is 2. The van der Waals surface area contributed by atoms with E-state index >= 15 is 0 Å². The molecule has 0 radical (unpaired) electrons. The predicted octanol–water partition coefficient (Wildman–Crippen LogP) is 3.94. The summed E-state index contributed by atoms with van der Waals surface area (Å²) in [6, 6.07) is 0. The van der Waals surface area contributed by atoms with Crippen LogP contribution in [-0.2, 0) is 19.1 Å². The van der Waals surface area contributed by atoms with Gasteiger partial charge in [-0.15, -0.1) is 0 Å². The molecule has 2 atom stereocenters. The lowest BCUT2D eigenvalue weighted by Gasteiger charge is -2.59. The first-order valence-corrected chi connectivity index (χ1v) is 8.65. The molecule has 7 heteroatoms. The highest BCUT2D eigenvalue weighted by Crippen LogP contribution is 2.63. The van der Waals surface area contributed by atoms with Crippen molar-refractivity contribution >= 4 is 11.9 Å². The Balaban J connectivity index is 1.72. The van der Waals surface area contributed by atoms with Gasteiger partial charge in [-0.1, -0.05) is 6.58 Å². The van der Waals surface area contributed by atoms with Crippen molar-refractivity contribution in [3.63, 3.8) is 0 Å². The smallest absolute Gasteiger partial charge is 0.392 e. The number of rotatable bonds is 5. The zero-order chi connectivity index (χ0) is 18.5. The molecule has 4 rings (SSSR count). The van der Waals surface area contributed by atoms with Crippen LogP contribution < -0.4 is 0 Å². The summed E-state index contributed by atoms with van der Waals surface area (Å²) in [5, 5.41) is 0. The van der Waals surface area contributed by atoms with E-state index in [1.54, 1.807) is 6.92 Å². The third-order valence-electron chi connectivity index (χ3n) is 5.72. The molecule has 0 amide bonds. The summed E-state index contributed by atoms with van der Waals surface area (Å²) in [6.45, 7) is 4.52. The van der Waals surface area contributed by atoms with Crippen LogP contribution in [0.25, 0.3) is 0 Å². The van der Waals surface area contributed by atoms with E-state index in [0.717, 1.165) is 6.42 Å². The molecule has 0 saturated heterocycles. The first-order chi connectivity index (χ1) is 11.5. The number of hydrogen-bond donors (Lipinski definition) is 0. The van der Waals surface area contributed by atoms with Gasteiger partial charge in [-0.25, -0.2) is 4.79 Å². The molecule has 0 spiro atoms. The van der Waals surface area contributed by atoms with Gasteiger partial charge in [0.1, 0.15) is 5.60 Å². The SMILES string of the molecule is C=C(C)C(=O)OC12CC3CC(C1)CC(C(=O)OCCC(F)(F)F)(C3)C2. The molecule has 0 aromatic heterocycles. The summed E-state index contributed by atoms with van der Waals surface area (Å²) >= 11 is 0. The molecular formula is C18H23F3O4. The molecule has 2 unspecified atom stereocenters. The normalized spacial score (nSPS) is 36.2. The Bertz CT molecular complexity index is 582. The van der Waals surface area contributed by atoms with Crippen LogP contribution in [0.1, 0.15) is 51.9 Å². The Labute approximate surface area is 144 Å². The van der Waals surface area contributed by atoms with E-state index in [4.69, 9.17) is 9.47 Å². The zero-order valence-electron chi connectivity index (χ0n) is 14.3. The van der Waals surface area contributed by atoms with E-state index < -0.39 is 42.2 Å². The standard InChI is InChI=1S/C18H23F3O4/c1-11(2)14(22)25-17-8-12-5-13(9-17)7-16(6-12,10-17)15(23)24-4-3-18(19,20)21/h12-13H,1,3-10H2,2H3. The second kappa shape index (κ2) is 6.02. The molecular weight excluding hydrogens is 337 g/mol. The van der Waals surface area contributed by atoms with Crippen LogP contribution in [0.4, 0.5) is 13.2 Å². The number of esters is 2. The Morgan fingerprint density at radius 3 is 2.28 bits per heavy atom. The molecule has 0 heterocycles. The summed E-state index contributed by atoms with van der Waals surface area (Å²) in [5.74, 6) is -0.548. The predicted molar refractivity (Wildman–Crippen MR) is 82.4 cm³/mol. The minimum atomic E-state index is -4.35. The summed E-state index contributed by atoms with van der Waals surface area (Å²) in [4.78, 5) is 24.6. The van der Waals surface area contributed by atoms with Crippen LogP contribution in [-0.4, -0.2) is 30.3 Å². The van der Waals surface area contributed by atoms with Crippen molar-refractivity contribution in [3.8, 4) is 0 Å². The second-order valence-corrected chi connectivity index (χ2v) is 8.10. The number of halogens is 3. The highest BCUT2D eigenvalue weighted by Gasteiger charge is 2.63. The van der Waals surface area contributed by atoms with Crippen molar-refractivity contribution in [3.05, 3.63) is 12.2 Å². The van der Waals surface area contributed by atoms with E-state index in [1.807, 2.05) is 0 Å². The van der Waals surface area contributed by atoms with Gasteiger partial charge >= 0.3 is 18.1 Å². The first-order valence-electron chi connectivity index (χ1n) is 8.65. The molecule has 0 N–H and O–H groups in total. The molecule has 4 fully saturated rings. The maximum absolute atomic E-state index is 12.6. The molecule has 0 aromatic rings. The van der Waals surface area contributed by atoms with Crippen molar-refractivity contribution in [2.45, 2.75) is 63.6 Å². The molecule has 25 heavy (non-hydrogen) atoms. The monoisotopic (exact) mass is 360 g/mol. The van der Waals surface area contributed by atoms with Crippen molar-refractivity contribution in [1.82, 2.24) is 0 Å². The van der Waals surface area contributed by atoms with Crippen LogP contribution >= 0.6 is 0 Å². The van der Waals surface area contributed by atoms with Crippen LogP contribution in [0.3, 0.4) is 0 Å². The minimum Gasteiger partial charge on any atom is -0.465 e. The topological polar surface area (TPSA) is 52.6 Å². The summed E-state index contributed by atoms with van der Waals surface area (Å²) in [7, 11) is 0. The second-order valence-electron chi connectivity index (χ2n) is 8.10. The molecule has 4 aliphatic rings. The third kappa shape index (κ3) is 3.70. The number of hydrogen-bond acceptors (Lipinski definition) is 4. The fraction of sp³-hybridized carbons (Fsp3) is 0.778. The Hall–Kier alpha value is -1.53. The average Bonchev–Trinajstić information content (AvgIpc) is 2.43. The summed E-state index contributed by atoms with van der Waals surface area (Å²) in [5.41, 5.74) is -1.22. The maximum Gasteiger partial charge on any atom is 0.392 e. The fourth-order valence-electron chi connectivity index (χ4n) is 5.23. The van der Waals surface area contributed by atoms with Crippen LogP contribution in [0.15, 0.2) is 12.2 Å².